The largest absolute Gasteiger partial charge is 0.243 e. The summed E-state index contributed by atoms with van der Waals surface area (Å²) in [5.41, 5.74) is 2.44. The van der Waals surface area contributed by atoms with E-state index in [1.54, 1.807) is 17.7 Å². The summed E-state index contributed by atoms with van der Waals surface area (Å²) in [5.74, 6) is 0. The molecule has 4 heteroatoms. The number of hydrogen-bond acceptors (Lipinski definition) is 3. The van der Waals surface area contributed by atoms with Crippen LogP contribution in [-0.4, -0.2) is 17.8 Å². The molecule has 0 aliphatic carbocycles. The Morgan fingerprint density at radius 2 is 2.45 bits per heavy atom. The van der Waals surface area contributed by atoms with Gasteiger partial charge in [-0.25, -0.2) is 9.97 Å². The number of fused-ring (bicyclic) bond motifs is 1. The van der Waals surface area contributed by atoms with Gasteiger partial charge in [0.25, 0.3) is 0 Å². The number of thiophene rings is 1. The third-order valence-corrected chi connectivity index (χ3v) is 2.65. The Balaban J connectivity index is 2.76. The van der Waals surface area contributed by atoms with Crippen molar-refractivity contribution in [3.63, 3.8) is 0 Å². The maximum absolute atomic E-state index is 4.21. The number of hydrogen-bond donors (Lipinski definition) is 0. The molecule has 0 saturated heterocycles. The van der Waals surface area contributed by atoms with Gasteiger partial charge in [-0.2, -0.15) is 0 Å². The van der Waals surface area contributed by atoms with Gasteiger partial charge < -0.3 is 0 Å². The molecule has 0 bridgehead atoms. The molecule has 0 aliphatic heterocycles. The highest BCUT2D eigenvalue weighted by atomic mass is 32.1. The molecule has 0 N–H and O–H groups in total. The molecule has 2 nitrogen and oxygen atoms in total. The van der Waals surface area contributed by atoms with Crippen LogP contribution in [0.3, 0.4) is 0 Å². The second kappa shape index (κ2) is 2.62. The van der Waals surface area contributed by atoms with Crippen molar-refractivity contribution in [1.82, 2.24) is 9.97 Å². The first kappa shape index (κ1) is 6.79. The van der Waals surface area contributed by atoms with E-state index in [1.807, 2.05) is 6.20 Å². The Kier molecular flexibility index (Phi) is 1.62. The van der Waals surface area contributed by atoms with Crippen molar-refractivity contribution < 1.29 is 0 Å². The predicted octanol–water partition coefficient (Wildman–Crippen LogP) is 0.824. The van der Waals surface area contributed by atoms with Gasteiger partial charge in [-0.15, -0.1) is 11.3 Å². The van der Waals surface area contributed by atoms with Crippen molar-refractivity contribution in [2.45, 2.75) is 6.32 Å². The summed E-state index contributed by atoms with van der Waals surface area (Å²) in [6.45, 7) is 0. The Labute approximate surface area is 69.7 Å². The molecule has 0 saturated carbocycles. The van der Waals surface area contributed by atoms with Gasteiger partial charge in [0.2, 0.25) is 0 Å². The molecular weight excluding hydrogens is 155 g/mol. The number of aromatic nitrogens is 2. The van der Waals surface area contributed by atoms with Crippen LogP contribution in [0, 0.1) is 0 Å². The van der Waals surface area contributed by atoms with Crippen molar-refractivity contribution in [3.05, 3.63) is 23.5 Å². The van der Waals surface area contributed by atoms with Crippen molar-refractivity contribution in [2.24, 2.45) is 0 Å². The summed E-state index contributed by atoms with van der Waals surface area (Å²) in [5, 5.41) is 2.15. The van der Waals surface area contributed by atoms with E-state index in [1.165, 1.54) is 10.3 Å². The van der Waals surface area contributed by atoms with Crippen LogP contribution >= 0.6 is 11.3 Å². The fraction of sp³-hybridized carbons (Fsp3) is 0.143. The van der Waals surface area contributed by atoms with Gasteiger partial charge in [-0.05, 0) is 10.9 Å². The quantitative estimate of drug-likeness (QED) is 0.580. The Hall–Kier alpha value is -0.895. The topological polar surface area (TPSA) is 25.8 Å². The van der Waals surface area contributed by atoms with E-state index in [9.17, 15) is 0 Å². The van der Waals surface area contributed by atoms with Gasteiger partial charge in [0.05, 0.1) is 10.2 Å². The van der Waals surface area contributed by atoms with Crippen LogP contribution in [0.25, 0.3) is 10.2 Å². The normalized spacial score (nSPS) is 10.5. The monoisotopic (exact) mass is 162 g/mol. The number of rotatable bonds is 1. The van der Waals surface area contributed by atoms with E-state index in [0.29, 0.717) is 0 Å². The molecule has 2 rings (SSSR count). The van der Waals surface area contributed by atoms with Crippen molar-refractivity contribution >= 4 is 29.4 Å². The number of nitrogens with zero attached hydrogens (tertiary/aromatic N) is 2. The zero-order valence-electron chi connectivity index (χ0n) is 6.24. The van der Waals surface area contributed by atoms with Gasteiger partial charge in [-0.3, -0.25) is 0 Å². The first-order valence-corrected chi connectivity index (χ1v) is 4.46. The summed E-state index contributed by atoms with van der Waals surface area (Å²) in [6, 6.07) is 0. The first-order valence-electron chi connectivity index (χ1n) is 3.58. The molecule has 2 aromatic heterocycles. The molecule has 0 spiro atoms. The maximum Gasteiger partial charge on any atom is 0.116 e. The minimum Gasteiger partial charge on any atom is -0.243 e. The van der Waals surface area contributed by atoms with E-state index in [4.69, 9.17) is 0 Å². The van der Waals surface area contributed by atoms with Crippen LogP contribution in [-0.2, 0) is 6.32 Å². The van der Waals surface area contributed by atoms with Crippen LogP contribution < -0.4 is 0 Å². The zero-order chi connectivity index (χ0) is 7.68. The molecule has 0 unspecified atom stereocenters. The van der Waals surface area contributed by atoms with Crippen molar-refractivity contribution in [1.29, 1.82) is 0 Å². The lowest BCUT2D eigenvalue weighted by molar-refractivity contribution is 1.22. The molecule has 0 aromatic carbocycles. The predicted molar refractivity (Wildman–Crippen MR) is 49.7 cm³/mol. The first-order chi connectivity index (χ1) is 5.42. The Morgan fingerprint density at radius 1 is 1.55 bits per heavy atom. The smallest absolute Gasteiger partial charge is 0.116 e. The molecule has 0 amide bonds. The highest BCUT2D eigenvalue weighted by Crippen LogP contribution is 2.22. The Morgan fingerprint density at radius 3 is 3.27 bits per heavy atom. The van der Waals surface area contributed by atoms with Crippen molar-refractivity contribution in [3.8, 4) is 0 Å². The molecule has 2 heterocycles. The molecule has 0 aliphatic rings. The lowest BCUT2D eigenvalue weighted by Gasteiger charge is -1.89. The molecular formula is C7H7BN2S. The summed E-state index contributed by atoms with van der Waals surface area (Å²) < 4.78 is 1.18. The standard InChI is InChI=1S/C7H7BN2S/c8-1-5-3-11-6-2-9-4-10-7(5)6/h2-4H,1,8H2. The minimum atomic E-state index is 1.05. The molecule has 0 atom stereocenters. The SMILES string of the molecule is BCc1csc2cncnc12. The van der Waals surface area contributed by atoms with Gasteiger partial charge in [-0.1, -0.05) is 6.32 Å². The van der Waals surface area contributed by atoms with E-state index in [-0.39, 0.29) is 0 Å². The molecule has 0 radical (unpaired) electrons. The highest BCUT2D eigenvalue weighted by molar-refractivity contribution is 7.17. The van der Waals surface area contributed by atoms with Gasteiger partial charge in [0.1, 0.15) is 14.2 Å². The highest BCUT2D eigenvalue weighted by Gasteiger charge is 2.01. The van der Waals surface area contributed by atoms with Crippen LogP contribution in [0.4, 0.5) is 0 Å². The molecule has 2 aromatic rings. The van der Waals surface area contributed by atoms with Gasteiger partial charge in [0.15, 0.2) is 0 Å². The van der Waals surface area contributed by atoms with Crippen molar-refractivity contribution in [2.75, 3.05) is 0 Å². The molecule has 11 heavy (non-hydrogen) atoms. The second-order valence-corrected chi connectivity index (χ2v) is 3.26. The average molecular weight is 162 g/mol. The van der Waals surface area contributed by atoms with Gasteiger partial charge in [0, 0.05) is 6.20 Å². The zero-order valence-corrected chi connectivity index (χ0v) is 7.06. The molecule has 54 valence electrons. The van der Waals surface area contributed by atoms with E-state index < -0.39 is 0 Å². The lowest BCUT2D eigenvalue weighted by Crippen LogP contribution is -1.83. The van der Waals surface area contributed by atoms with Gasteiger partial charge >= 0.3 is 0 Å². The van der Waals surface area contributed by atoms with E-state index in [0.717, 1.165) is 11.8 Å². The Bertz CT molecular complexity index is 371. The molecule has 0 fully saturated rings. The summed E-state index contributed by atoms with van der Waals surface area (Å²) in [6.07, 6.45) is 4.53. The van der Waals surface area contributed by atoms with E-state index in [2.05, 4.69) is 23.2 Å². The third kappa shape index (κ3) is 1.03. The summed E-state index contributed by atoms with van der Waals surface area (Å²) >= 11 is 1.71. The summed E-state index contributed by atoms with van der Waals surface area (Å²) in [4.78, 5) is 8.17. The lowest BCUT2D eigenvalue weighted by atomic mass is 9.99. The average Bonchev–Trinajstić information content (AvgIpc) is 2.47. The van der Waals surface area contributed by atoms with E-state index >= 15 is 0 Å². The summed E-state index contributed by atoms with van der Waals surface area (Å²) in [7, 11) is 2.14. The maximum atomic E-state index is 4.21. The van der Waals surface area contributed by atoms with Crippen LogP contribution in [0.5, 0.6) is 0 Å². The second-order valence-electron chi connectivity index (χ2n) is 2.35. The fourth-order valence-electron chi connectivity index (χ4n) is 1.09. The minimum absolute atomic E-state index is 1.05. The van der Waals surface area contributed by atoms with Crippen LogP contribution in [0.15, 0.2) is 17.9 Å². The third-order valence-electron chi connectivity index (χ3n) is 1.69. The van der Waals surface area contributed by atoms with Crippen LogP contribution in [0.2, 0.25) is 0 Å². The fourth-order valence-corrected chi connectivity index (χ4v) is 2.05. The van der Waals surface area contributed by atoms with Crippen LogP contribution in [0.1, 0.15) is 5.56 Å².